The van der Waals surface area contributed by atoms with Gasteiger partial charge in [-0.05, 0) is 12.1 Å². The van der Waals surface area contributed by atoms with Gasteiger partial charge in [0.1, 0.15) is 17.5 Å². The number of hydrogen-bond donors (Lipinski definition) is 1. The van der Waals surface area contributed by atoms with Crippen LogP contribution in [-0.2, 0) is 13.1 Å². The van der Waals surface area contributed by atoms with Gasteiger partial charge >= 0.3 is 0 Å². The molecule has 0 saturated heterocycles. The molecule has 3 rings (SSSR count). The Morgan fingerprint density at radius 3 is 2.67 bits per heavy atom. The fourth-order valence-corrected chi connectivity index (χ4v) is 2.43. The molecule has 0 spiro atoms. The lowest BCUT2D eigenvalue weighted by molar-refractivity contribution is 0.505. The van der Waals surface area contributed by atoms with Crippen LogP contribution in [0.4, 0.5) is 8.78 Å². The third kappa shape index (κ3) is 1.83. The number of nitrogens with one attached hydrogen (secondary N) is 1. The van der Waals surface area contributed by atoms with Crippen molar-refractivity contribution in [3.63, 3.8) is 0 Å². The lowest BCUT2D eigenvalue weighted by Crippen LogP contribution is -2.28. The van der Waals surface area contributed by atoms with Crippen molar-refractivity contribution >= 4 is 15.9 Å². The van der Waals surface area contributed by atoms with E-state index in [4.69, 9.17) is 0 Å². The van der Waals surface area contributed by atoms with Crippen LogP contribution < -0.4 is 5.32 Å². The fraction of sp³-hybridized carbons (Fsp3) is 0.273. The second-order valence-electron chi connectivity index (χ2n) is 4.01. The number of halogens is 3. The predicted octanol–water partition coefficient (Wildman–Crippen LogP) is 2.09. The zero-order chi connectivity index (χ0) is 12.7. The highest BCUT2D eigenvalue weighted by atomic mass is 79.9. The SMILES string of the molecule is Fc1cc(Br)cc(F)c1-c1nnc2n1CCNC2. The van der Waals surface area contributed by atoms with Gasteiger partial charge in [0.05, 0.1) is 12.1 Å². The number of fused-ring (bicyclic) bond motifs is 1. The quantitative estimate of drug-likeness (QED) is 0.876. The smallest absolute Gasteiger partial charge is 0.170 e. The molecule has 0 atom stereocenters. The van der Waals surface area contributed by atoms with E-state index in [0.29, 0.717) is 23.4 Å². The Labute approximate surface area is 110 Å². The van der Waals surface area contributed by atoms with E-state index in [1.165, 1.54) is 12.1 Å². The zero-order valence-electron chi connectivity index (χ0n) is 9.25. The summed E-state index contributed by atoms with van der Waals surface area (Å²) in [5.41, 5.74) is -0.126. The van der Waals surface area contributed by atoms with E-state index in [0.717, 1.165) is 6.54 Å². The molecule has 0 saturated carbocycles. The Morgan fingerprint density at radius 1 is 1.22 bits per heavy atom. The van der Waals surface area contributed by atoms with Crippen molar-refractivity contribution in [1.82, 2.24) is 20.1 Å². The maximum atomic E-state index is 13.9. The molecule has 0 unspecified atom stereocenters. The van der Waals surface area contributed by atoms with Crippen molar-refractivity contribution in [3.05, 3.63) is 34.1 Å². The molecule has 7 heteroatoms. The van der Waals surface area contributed by atoms with Gasteiger partial charge in [-0.3, -0.25) is 0 Å². The third-order valence-electron chi connectivity index (χ3n) is 2.85. The van der Waals surface area contributed by atoms with Crippen LogP contribution in [0.15, 0.2) is 16.6 Å². The zero-order valence-corrected chi connectivity index (χ0v) is 10.8. The Kier molecular flexibility index (Phi) is 2.87. The highest BCUT2D eigenvalue weighted by Gasteiger charge is 2.22. The van der Waals surface area contributed by atoms with Gasteiger partial charge in [0.25, 0.3) is 0 Å². The van der Waals surface area contributed by atoms with Crippen molar-refractivity contribution in [3.8, 4) is 11.4 Å². The lowest BCUT2D eigenvalue weighted by Gasteiger charge is -2.16. The predicted molar refractivity (Wildman–Crippen MR) is 64.8 cm³/mol. The lowest BCUT2D eigenvalue weighted by atomic mass is 10.2. The number of nitrogens with zero attached hydrogens (tertiary/aromatic N) is 3. The summed E-state index contributed by atoms with van der Waals surface area (Å²) in [7, 11) is 0. The second kappa shape index (κ2) is 4.40. The molecule has 1 aromatic carbocycles. The molecule has 2 heterocycles. The summed E-state index contributed by atoms with van der Waals surface area (Å²) in [6.07, 6.45) is 0. The molecule has 94 valence electrons. The van der Waals surface area contributed by atoms with E-state index in [1.54, 1.807) is 4.57 Å². The average Bonchev–Trinajstić information content (AvgIpc) is 2.72. The van der Waals surface area contributed by atoms with E-state index in [1.807, 2.05) is 0 Å². The molecule has 0 aliphatic carbocycles. The van der Waals surface area contributed by atoms with E-state index in [-0.39, 0.29) is 11.4 Å². The minimum absolute atomic E-state index is 0.126. The van der Waals surface area contributed by atoms with Crippen LogP contribution >= 0.6 is 15.9 Å². The molecule has 0 bridgehead atoms. The van der Waals surface area contributed by atoms with Crippen molar-refractivity contribution in [2.24, 2.45) is 0 Å². The van der Waals surface area contributed by atoms with Gasteiger partial charge in [0.15, 0.2) is 5.82 Å². The normalized spacial score (nSPS) is 14.6. The van der Waals surface area contributed by atoms with Gasteiger partial charge in [-0.2, -0.15) is 0 Å². The van der Waals surface area contributed by atoms with E-state index in [2.05, 4.69) is 31.4 Å². The first-order valence-electron chi connectivity index (χ1n) is 5.44. The maximum Gasteiger partial charge on any atom is 0.170 e. The van der Waals surface area contributed by atoms with Gasteiger partial charge in [0.2, 0.25) is 0 Å². The highest BCUT2D eigenvalue weighted by Crippen LogP contribution is 2.28. The Morgan fingerprint density at radius 2 is 1.94 bits per heavy atom. The van der Waals surface area contributed by atoms with E-state index >= 15 is 0 Å². The number of benzene rings is 1. The van der Waals surface area contributed by atoms with Gasteiger partial charge in [-0.15, -0.1) is 10.2 Å². The minimum atomic E-state index is -0.643. The van der Waals surface area contributed by atoms with Gasteiger partial charge in [0, 0.05) is 17.6 Å². The number of hydrogen-bond acceptors (Lipinski definition) is 3. The van der Waals surface area contributed by atoms with Crippen molar-refractivity contribution in [2.45, 2.75) is 13.1 Å². The Hall–Kier alpha value is -1.34. The first-order valence-corrected chi connectivity index (χ1v) is 6.24. The Balaban J connectivity index is 2.18. The third-order valence-corrected chi connectivity index (χ3v) is 3.31. The van der Waals surface area contributed by atoms with E-state index in [9.17, 15) is 8.78 Å². The van der Waals surface area contributed by atoms with Crippen molar-refractivity contribution in [1.29, 1.82) is 0 Å². The minimum Gasteiger partial charge on any atom is -0.308 e. The molecule has 18 heavy (non-hydrogen) atoms. The van der Waals surface area contributed by atoms with Crippen LogP contribution in [0.25, 0.3) is 11.4 Å². The molecule has 2 aromatic rings. The second-order valence-corrected chi connectivity index (χ2v) is 4.93. The molecule has 0 fully saturated rings. The summed E-state index contributed by atoms with van der Waals surface area (Å²) >= 11 is 3.05. The molecule has 0 radical (unpaired) electrons. The number of rotatable bonds is 1. The molecule has 4 nitrogen and oxygen atoms in total. The summed E-state index contributed by atoms with van der Waals surface area (Å²) in [5, 5.41) is 11.0. The molecule has 1 aromatic heterocycles. The van der Waals surface area contributed by atoms with Crippen molar-refractivity contribution < 1.29 is 8.78 Å². The van der Waals surface area contributed by atoms with Crippen LogP contribution in [-0.4, -0.2) is 21.3 Å². The van der Waals surface area contributed by atoms with Gasteiger partial charge in [-0.25, -0.2) is 8.78 Å². The first-order chi connectivity index (χ1) is 8.66. The van der Waals surface area contributed by atoms with Crippen LogP contribution in [0.2, 0.25) is 0 Å². The summed E-state index contributed by atoms with van der Waals surface area (Å²) in [4.78, 5) is 0. The Bertz CT molecular complexity index is 588. The van der Waals surface area contributed by atoms with Crippen LogP contribution in [0, 0.1) is 11.6 Å². The van der Waals surface area contributed by atoms with Crippen LogP contribution in [0.5, 0.6) is 0 Å². The van der Waals surface area contributed by atoms with Crippen LogP contribution in [0.3, 0.4) is 0 Å². The summed E-state index contributed by atoms with van der Waals surface area (Å²) in [5.74, 6) is -0.349. The largest absolute Gasteiger partial charge is 0.308 e. The first kappa shape index (κ1) is 11.7. The summed E-state index contributed by atoms with van der Waals surface area (Å²) in [6, 6.07) is 2.45. The van der Waals surface area contributed by atoms with E-state index < -0.39 is 11.6 Å². The molecular formula is C11H9BrF2N4. The molecule has 1 N–H and O–H groups in total. The number of aromatic nitrogens is 3. The average molecular weight is 315 g/mol. The monoisotopic (exact) mass is 314 g/mol. The molecular weight excluding hydrogens is 306 g/mol. The molecule has 1 aliphatic rings. The fourth-order valence-electron chi connectivity index (χ4n) is 2.03. The molecule has 1 aliphatic heterocycles. The van der Waals surface area contributed by atoms with Gasteiger partial charge in [-0.1, -0.05) is 15.9 Å². The standard InChI is InChI=1S/C11H9BrF2N4/c12-6-3-7(13)10(8(14)4-6)11-17-16-9-5-15-1-2-18(9)11/h3-4,15H,1-2,5H2. The maximum absolute atomic E-state index is 13.9. The van der Waals surface area contributed by atoms with Crippen molar-refractivity contribution in [2.75, 3.05) is 6.54 Å². The highest BCUT2D eigenvalue weighted by molar-refractivity contribution is 9.10. The van der Waals surface area contributed by atoms with Gasteiger partial charge < -0.3 is 9.88 Å². The summed E-state index contributed by atoms with van der Waals surface area (Å²) in [6.45, 7) is 1.90. The van der Waals surface area contributed by atoms with Crippen LogP contribution in [0.1, 0.15) is 5.82 Å². The topological polar surface area (TPSA) is 42.7 Å². The summed E-state index contributed by atoms with van der Waals surface area (Å²) < 4.78 is 29.9. The molecule has 0 amide bonds.